The monoisotopic (exact) mass is 276 g/mol. The molecule has 1 aliphatic carbocycles. The van der Waals surface area contributed by atoms with E-state index in [-0.39, 0.29) is 17.0 Å². The molecule has 0 aliphatic heterocycles. The molecule has 0 amide bonds. The van der Waals surface area contributed by atoms with Crippen molar-refractivity contribution in [2.24, 2.45) is 5.92 Å². The molecule has 1 aliphatic rings. The Bertz CT molecular complexity index is 361. The van der Waals surface area contributed by atoms with E-state index in [1.807, 2.05) is 6.92 Å². The smallest absolute Gasteiger partial charge is 0.150 e. The number of carbonyl (C=O) groups is 1. The molecule has 0 heterocycles. The Morgan fingerprint density at radius 3 is 2.67 bits per heavy atom. The second-order valence-corrected chi connectivity index (χ2v) is 7.41. The van der Waals surface area contributed by atoms with Crippen molar-refractivity contribution in [1.29, 1.82) is 0 Å². The highest BCUT2D eigenvalue weighted by molar-refractivity contribution is 7.91. The standard InChI is InChI=1S/C13H24O4S/c1-3-17-9-5-8-13(14)11-6-4-7-12(10-11)18(2,15)16/h11-12H,3-10H2,1-2H3. The number of sulfone groups is 1. The van der Waals surface area contributed by atoms with Crippen LogP contribution in [0.3, 0.4) is 0 Å². The van der Waals surface area contributed by atoms with E-state index in [1.54, 1.807) is 0 Å². The summed E-state index contributed by atoms with van der Waals surface area (Å²) in [5.41, 5.74) is 0. The predicted octanol–water partition coefficient (Wildman–Crippen LogP) is 1.98. The Balaban J connectivity index is 2.39. The van der Waals surface area contributed by atoms with E-state index in [1.165, 1.54) is 6.26 Å². The number of hydrogen-bond donors (Lipinski definition) is 0. The highest BCUT2D eigenvalue weighted by Gasteiger charge is 2.31. The Hall–Kier alpha value is -0.420. The fourth-order valence-electron chi connectivity index (χ4n) is 2.52. The Morgan fingerprint density at radius 1 is 1.33 bits per heavy atom. The quantitative estimate of drug-likeness (QED) is 0.667. The van der Waals surface area contributed by atoms with Crippen LogP contribution in [0, 0.1) is 5.92 Å². The molecule has 106 valence electrons. The molecule has 18 heavy (non-hydrogen) atoms. The van der Waals surface area contributed by atoms with Gasteiger partial charge in [-0.25, -0.2) is 8.42 Å². The van der Waals surface area contributed by atoms with Crippen LogP contribution in [-0.4, -0.2) is 38.9 Å². The van der Waals surface area contributed by atoms with Crippen LogP contribution in [0.15, 0.2) is 0 Å². The lowest BCUT2D eigenvalue weighted by Crippen LogP contribution is -2.31. The van der Waals surface area contributed by atoms with Crippen LogP contribution in [-0.2, 0) is 19.4 Å². The highest BCUT2D eigenvalue weighted by atomic mass is 32.2. The Kier molecular flexibility index (Phi) is 6.29. The molecular formula is C13H24O4S. The van der Waals surface area contributed by atoms with Gasteiger partial charge in [0.05, 0.1) is 5.25 Å². The van der Waals surface area contributed by atoms with Crippen LogP contribution >= 0.6 is 0 Å². The molecule has 0 aromatic carbocycles. The second kappa shape index (κ2) is 7.24. The fraction of sp³-hybridized carbons (Fsp3) is 0.923. The van der Waals surface area contributed by atoms with E-state index < -0.39 is 9.84 Å². The van der Waals surface area contributed by atoms with Gasteiger partial charge in [-0.3, -0.25) is 4.79 Å². The normalized spacial score (nSPS) is 25.0. The van der Waals surface area contributed by atoms with Gasteiger partial charge in [-0.1, -0.05) is 6.42 Å². The molecular weight excluding hydrogens is 252 g/mol. The van der Waals surface area contributed by atoms with Crippen molar-refractivity contribution in [3.63, 3.8) is 0 Å². The third-order valence-electron chi connectivity index (χ3n) is 3.60. The predicted molar refractivity (Wildman–Crippen MR) is 71.3 cm³/mol. The summed E-state index contributed by atoms with van der Waals surface area (Å²) in [7, 11) is -3.00. The van der Waals surface area contributed by atoms with E-state index >= 15 is 0 Å². The maximum absolute atomic E-state index is 12.0. The lowest BCUT2D eigenvalue weighted by molar-refractivity contribution is -0.124. The maximum Gasteiger partial charge on any atom is 0.150 e. The summed E-state index contributed by atoms with van der Waals surface area (Å²) >= 11 is 0. The zero-order chi connectivity index (χ0) is 13.6. The first-order valence-electron chi connectivity index (χ1n) is 6.74. The molecule has 5 heteroatoms. The van der Waals surface area contributed by atoms with Gasteiger partial charge in [0.1, 0.15) is 15.6 Å². The molecule has 0 aromatic heterocycles. The molecule has 4 nitrogen and oxygen atoms in total. The molecule has 0 aromatic rings. The van der Waals surface area contributed by atoms with Gasteiger partial charge in [0, 0.05) is 31.8 Å². The van der Waals surface area contributed by atoms with Gasteiger partial charge in [-0.2, -0.15) is 0 Å². The number of carbonyl (C=O) groups excluding carboxylic acids is 1. The van der Waals surface area contributed by atoms with Crippen molar-refractivity contribution in [2.75, 3.05) is 19.5 Å². The van der Waals surface area contributed by atoms with E-state index in [0.29, 0.717) is 32.5 Å². The first-order chi connectivity index (χ1) is 8.45. The summed E-state index contributed by atoms with van der Waals surface area (Å²) in [5, 5.41) is -0.313. The van der Waals surface area contributed by atoms with Gasteiger partial charge < -0.3 is 4.74 Å². The highest BCUT2D eigenvalue weighted by Crippen LogP contribution is 2.29. The molecule has 1 saturated carbocycles. The van der Waals surface area contributed by atoms with Gasteiger partial charge in [0.25, 0.3) is 0 Å². The Morgan fingerprint density at radius 2 is 2.06 bits per heavy atom. The summed E-state index contributed by atoms with van der Waals surface area (Å²) < 4.78 is 28.2. The third-order valence-corrected chi connectivity index (χ3v) is 5.24. The van der Waals surface area contributed by atoms with Crippen molar-refractivity contribution in [2.45, 2.75) is 50.7 Å². The molecule has 0 bridgehead atoms. The van der Waals surface area contributed by atoms with E-state index in [0.717, 1.165) is 19.3 Å². The first kappa shape index (κ1) is 15.6. The van der Waals surface area contributed by atoms with Gasteiger partial charge >= 0.3 is 0 Å². The lowest BCUT2D eigenvalue weighted by Gasteiger charge is -2.27. The minimum atomic E-state index is -3.00. The molecule has 0 spiro atoms. The van der Waals surface area contributed by atoms with Crippen molar-refractivity contribution < 1.29 is 17.9 Å². The van der Waals surface area contributed by atoms with Crippen LogP contribution in [0.5, 0.6) is 0 Å². The lowest BCUT2D eigenvalue weighted by atomic mass is 9.84. The van der Waals surface area contributed by atoms with Crippen molar-refractivity contribution in [3.05, 3.63) is 0 Å². The van der Waals surface area contributed by atoms with Crippen molar-refractivity contribution in [1.82, 2.24) is 0 Å². The Labute approximate surface area is 110 Å². The van der Waals surface area contributed by atoms with Crippen LogP contribution in [0.1, 0.15) is 45.4 Å². The number of Topliss-reactive ketones (excluding diaryl/α,β-unsaturated/α-hetero) is 1. The summed E-state index contributed by atoms with van der Waals surface area (Å²) in [6, 6.07) is 0. The zero-order valence-corrected chi connectivity index (χ0v) is 12.2. The summed E-state index contributed by atoms with van der Waals surface area (Å²) in [6.07, 6.45) is 5.46. The maximum atomic E-state index is 12.0. The van der Waals surface area contributed by atoms with Crippen molar-refractivity contribution >= 4 is 15.6 Å². The molecule has 2 unspecified atom stereocenters. The van der Waals surface area contributed by atoms with Crippen LogP contribution in [0.2, 0.25) is 0 Å². The summed E-state index contributed by atoms with van der Waals surface area (Å²) in [6.45, 7) is 3.22. The topological polar surface area (TPSA) is 60.4 Å². The first-order valence-corrected chi connectivity index (χ1v) is 8.70. The van der Waals surface area contributed by atoms with Gasteiger partial charge in [0.2, 0.25) is 0 Å². The average molecular weight is 276 g/mol. The van der Waals surface area contributed by atoms with Gasteiger partial charge in [0.15, 0.2) is 0 Å². The summed E-state index contributed by atoms with van der Waals surface area (Å²) in [5.74, 6) is 0.156. The number of rotatable bonds is 7. The molecule has 2 atom stereocenters. The molecule has 0 N–H and O–H groups in total. The van der Waals surface area contributed by atoms with Crippen LogP contribution in [0.25, 0.3) is 0 Å². The number of ketones is 1. The van der Waals surface area contributed by atoms with Gasteiger partial charge in [-0.15, -0.1) is 0 Å². The van der Waals surface area contributed by atoms with Gasteiger partial charge in [-0.05, 0) is 32.6 Å². The van der Waals surface area contributed by atoms with E-state index in [9.17, 15) is 13.2 Å². The zero-order valence-electron chi connectivity index (χ0n) is 11.4. The SMILES string of the molecule is CCOCCCC(=O)C1CCCC(S(C)(=O)=O)C1. The van der Waals surface area contributed by atoms with Crippen LogP contribution in [0.4, 0.5) is 0 Å². The number of ether oxygens (including phenoxy) is 1. The third kappa shape index (κ3) is 5.06. The molecule has 0 radical (unpaired) electrons. The minimum absolute atomic E-state index is 0.0555. The largest absolute Gasteiger partial charge is 0.382 e. The molecule has 1 fully saturated rings. The van der Waals surface area contributed by atoms with E-state index in [4.69, 9.17) is 4.74 Å². The second-order valence-electron chi connectivity index (χ2n) is 5.08. The molecule has 1 rings (SSSR count). The number of hydrogen-bond acceptors (Lipinski definition) is 4. The van der Waals surface area contributed by atoms with Crippen molar-refractivity contribution in [3.8, 4) is 0 Å². The fourth-order valence-corrected chi connectivity index (χ4v) is 3.70. The van der Waals surface area contributed by atoms with Crippen LogP contribution < -0.4 is 0 Å². The molecule has 0 saturated heterocycles. The van der Waals surface area contributed by atoms with E-state index in [2.05, 4.69) is 0 Å². The average Bonchev–Trinajstić information content (AvgIpc) is 2.33. The minimum Gasteiger partial charge on any atom is -0.382 e. The summed E-state index contributed by atoms with van der Waals surface area (Å²) in [4.78, 5) is 12.0.